The summed E-state index contributed by atoms with van der Waals surface area (Å²) in [4.78, 5) is 13.3. The van der Waals surface area contributed by atoms with Gasteiger partial charge in [-0.15, -0.1) is 0 Å². The van der Waals surface area contributed by atoms with Crippen molar-refractivity contribution < 1.29 is 64.6 Å². The lowest BCUT2D eigenvalue weighted by molar-refractivity contribution is -0.359. The molecule has 9 N–H and O–H groups in total. The van der Waals surface area contributed by atoms with E-state index in [0.29, 0.717) is 12.8 Å². The molecule has 0 aromatic carbocycles. The van der Waals surface area contributed by atoms with Gasteiger partial charge in [0.05, 0.1) is 32.0 Å². The van der Waals surface area contributed by atoms with Crippen molar-refractivity contribution in [2.45, 2.75) is 357 Å². The van der Waals surface area contributed by atoms with E-state index in [-0.39, 0.29) is 18.9 Å². The number of aliphatic hydroxyl groups excluding tert-OH is 8. The van der Waals surface area contributed by atoms with Crippen LogP contribution in [0.25, 0.3) is 0 Å². The number of rotatable bonds is 59. The van der Waals surface area contributed by atoms with Crippen molar-refractivity contribution in [2.75, 3.05) is 19.8 Å². The summed E-state index contributed by atoms with van der Waals surface area (Å²) in [5.41, 5.74) is 0. The van der Waals surface area contributed by atoms with Crippen LogP contribution in [-0.4, -0.2) is 140 Å². The monoisotopic (exact) mass is 1270 g/mol. The number of nitrogens with one attached hydrogen (secondary N) is 1. The average molecular weight is 1270 g/mol. The highest BCUT2D eigenvalue weighted by Crippen LogP contribution is 2.30. The molecular formula is C76H133NO13. The molecule has 0 aromatic heterocycles. The van der Waals surface area contributed by atoms with Crippen molar-refractivity contribution >= 4 is 5.91 Å². The van der Waals surface area contributed by atoms with Gasteiger partial charge < -0.3 is 65.1 Å². The molecule has 520 valence electrons. The summed E-state index contributed by atoms with van der Waals surface area (Å²) in [5, 5.41) is 87.5. The smallest absolute Gasteiger partial charge is 0.220 e. The van der Waals surface area contributed by atoms with E-state index in [9.17, 15) is 45.6 Å². The molecule has 0 bridgehead atoms. The van der Waals surface area contributed by atoms with E-state index in [2.05, 4.69) is 104 Å². The number of unbranched alkanes of at least 4 members (excludes halogenated alkanes) is 32. The van der Waals surface area contributed by atoms with E-state index in [4.69, 9.17) is 18.9 Å². The number of hydrogen-bond donors (Lipinski definition) is 9. The first kappa shape index (κ1) is 83.0. The fourth-order valence-corrected chi connectivity index (χ4v) is 11.5. The molecule has 2 saturated heterocycles. The van der Waals surface area contributed by atoms with Crippen LogP contribution in [0.3, 0.4) is 0 Å². The summed E-state index contributed by atoms with van der Waals surface area (Å²) in [6.45, 7) is 2.69. The van der Waals surface area contributed by atoms with Crippen LogP contribution in [0.5, 0.6) is 0 Å². The van der Waals surface area contributed by atoms with Gasteiger partial charge in [-0.1, -0.05) is 284 Å². The van der Waals surface area contributed by atoms with Gasteiger partial charge in [-0.25, -0.2) is 0 Å². The first-order valence-corrected chi connectivity index (χ1v) is 36.5. The Morgan fingerprint density at radius 2 is 0.778 bits per heavy atom. The number of carbonyl (C=O) groups is 1. The van der Waals surface area contributed by atoms with Gasteiger partial charge in [0.15, 0.2) is 12.6 Å². The maximum absolute atomic E-state index is 13.3. The third kappa shape index (κ3) is 43.0. The van der Waals surface area contributed by atoms with E-state index < -0.39 is 86.8 Å². The van der Waals surface area contributed by atoms with E-state index in [1.54, 1.807) is 6.08 Å². The SMILES string of the molecule is CC/C=C\C/C=C\C/C=C\C/C=C\C/C=C\CCCCCCCCCCCCCCCCCC(=O)NC(COC1OC(CO)C(OC2OC(CO)C(O)C(O)C2O)C(O)C1O)C(O)/C=C/CC/C=C/CC/C=C/CCCCCCCCCCCCCCCCC. The van der Waals surface area contributed by atoms with Gasteiger partial charge in [-0.2, -0.15) is 0 Å². The van der Waals surface area contributed by atoms with Crippen LogP contribution in [0, 0.1) is 0 Å². The van der Waals surface area contributed by atoms with E-state index in [1.807, 2.05) is 6.08 Å². The van der Waals surface area contributed by atoms with Crippen LogP contribution in [0.2, 0.25) is 0 Å². The molecule has 0 radical (unpaired) electrons. The Morgan fingerprint density at radius 3 is 1.22 bits per heavy atom. The Morgan fingerprint density at radius 1 is 0.411 bits per heavy atom. The highest BCUT2D eigenvalue weighted by Gasteiger charge is 2.51. The molecule has 0 saturated carbocycles. The zero-order valence-corrected chi connectivity index (χ0v) is 56.6. The zero-order chi connectivity index (χ0) is 65.2. The first-order valence-electron chi connectivity index (χ1n) is 36.5. The molecule has 2 fully saturated rings. The summed E-state index contributed by atoms with van der Waals surface area (Å²) in [6.07, 6.45) is 67.5. The lowest BCUT2D eigenvalue weighted by Crippen LogP contribution is -2.65. The minimum absolute atomic E-state index is 0.254. The summed E-state index contributed by atoms with van der Waals surface area (Å²) < 4.78 is 22.8. The molecule has 2 heterocycles. The van der Waals surface area contributed by atoms with Gasteiger partial charge in [-0.3, -0.25) is 4.79 Å². The standard InChI is InChI=1S/C76H133NO13/c1-3-5-7-9-11-13-15-17-19-21-23-25-27-29-30-31-32-33-34-36-38-40-42-44-46-48-50-52-54-56-58-60-68(81)77-64(63-87-75-73(86)71(84)74(67(62-79)89-75)90-76-72(85)70(83)69(82)66(61-78)88-76)65(80)59-57-55-53-51-49-47-45-43-41-39-37-35-28-26-24-22-20-18-16-14-12-10-8-6-4-2/h5,7,11,13,17,19,23,25,29-30,41,43,49,51,57,59,64-67,69-76,78-80,82-86H,3-4,6,8-10,12,14-16,18,20-22,24,26-28,31-40,42,44-48,50,52-56,58,60-63H2,1-2H3,(H,77,81)/b7-5-,13-11-,19-17-,25-23-,30-29-,43-41+,51-49+,59-57+. The molecule has 14 heteroatoms. The van der Waals surface area contributed by atoms with Crippen LogP contribution in [-0.2, 0) is 23.7 Å². The second-order valence-electron chi connectivity index (χ2n) is 25.3. The number of ether oxygens (including phenoxy) is 4. The molecule has 2 aliphatic rings. The summed E-state index contributed by atoms with van der Waals surface area (Å²) in [7, 11) is 0. The molecule has 0 aromatic rings. The van der Waals surface area contributed by atoms with Crippen molar-refractivity contribution in [1.82, 2.24) is 5.32 Å². The maximum Gasteiger partial charge on any atom is 0.220 e. The number of aliphatic hydroxyl groups is 8. The van der Waals surface area contributed by atoms with Crippen LogP contribution < -0.4 is 5.32 Å². The summed E-state index contributed by atoms with van der Waals surface area (Å²) >= 11 is 0. The number of hydrogen-bond acceptors (Lipinski definition) is 13. The molecule has 12 atom stereocenters. The molecular weight excluding hydrogens is 1130 g/mol. The van der Waals surface area contributed by atoms with E-state index >= 15 is 0 Å². The average Bonchev–Trinajstić information content (AvgIpc) is 1.42. The van der Waals surface area contributed by atoms with Gasteiger partial charge in [-0.05, 0) is 89.9 Å². The fraction of sp³-hybridized carbons (Fsp3) is 0.776. The topological polar surface area (TPSA) is 228 Å². The number of amides is 1. The van der Waals surface area contributed by atoms with Gasteiger partial charge in [0.1, 0.15) is 48.8 Å². The predicted octanol–water partition coefficient (Wildman–Crippen LogP) is 15.3. The first-order chi connectivity index (χ1) is 44.1. The lowest BCUT2D eigenvalue weighted by Gasteiger charge is -2.46. The van der Waals surface area contributed by atoms with Crippen LogP contribution in [0.1, 0.15) is 284 Å². The quantitative estimate of drug-likeness (QED) is 0.0204. The Balaban J connectivity index is 1.68. The summed E-state index contributed by atoms with van der Waals surface area (Å²) in [6, 6.07) is -0.945. The number of allylic oxidation sites excluding steroid dienone is 15. The van der Waals surface area contributed by atoms with E-state index in [0.717, 1.165) is 77.0 Å². The third-order valence-electron chi connectivity index (χ3n) is 17.2. The van der Waals surface area contributed by atoms with Crippen molar-refractivity contribution in [2.24, 2.45) is 0 Å². The molecule has 12 unspecified atom stereocenters. The van der Waals surface area contributed by atoms with Crippen LogP contribution in [0.15, 0.2) is 97.2 Å². The highest BCUT2D eigenvalue weighted by molar-refractivity contribution is 5.76. The summed E-state index contributed by atoms with van der Waals surface area (Å²) in [5.74, 6) is -0.254. The van der Waals surface area contributed by atoms with Crippen molar-refractivity contribution in [3.63, 3.8) is 0 Å². The molecule has 0 spiro atoms. The largest absolute Gasteiger partial charge is 0.394 e. The van der Waals surface area contributed by atoms with Crippen molar-refractivity contribution in [3.8, 4) is 0 Å². The Labute approximate surface area is 547 Å². The predicted molar refractivity (Wildman–Crippen MR) is 369 cm³/mol. The van der Waals surface area contributed by atoms with Gasteiger partial charge >= 0.3 is 0 Å². The zero-order valence-electron chi connectivity index (χ0n) is 56.6. The fourth-order valence-electron chi connectivity index (χ4n) is 11.5. The minimum atomic E-state index is -1.80. The molecule has 1 amide bonds. The van der Waals surface area contributed by atoms with Crippen molar-refractivity contribution in [1.29, 1.82) is 0 Å². The molecule has 90 heavy (non-hydrogen) atoms. The van der Waals surface area contributed by atoms with Gasteiger partial charge in [0.25, 0.3) is 0 Å². The lowest BCUT2D eigenvalue weighted by atomic mass is 9.97. The second-order valence-corrected chi connectivity index (χ2v) is 25.3. The number of carbonyl (C=O) groups excluding carboxylic acids is 1. The molecule has 14 nitrogen and oxygen atoms in total. The Bertz CT molecular complexity index is 1880. The van der Waals surface area contributed by atoms with Crippen LogP contribution in [0.4, 0.5) is 0 Å². The Kier molecular flexibility index (Phi) is 55.0. The highest BCUT2D eigenvalue weighted by atomic mass is 16.7. The minimum Gasteiger partial charge on any atom is -0.394 e. The van der Waals surface area contributed by atoms with Crippen LogP contribution >= 0.6 is 0 Å². The molecule has 2 aliphatic heterocycles. The molecule has 0 aliphatic carbocycles. The third-order valence-corrected chi connectivity index (χ3v) is 17.2. The Hall–Kier alpha value is -3.09. The van der Waals surface area contributed by atoms with Crippen molar-refractivity contribution in [3.05, 3.63) is 97.2 Å². The normalized spacial score (nSPS) is 23.5. The molecule has 2 rings (SSSR count). The maximum atomic E-state index is 13.3. The van der Waals surface area contributed by atoms with Gasteiger partial charge in [0.2, 0.25) is 5.91 Å². The second kappa shape index (κ2) is 59.6. The van der Waals surface area contributed by atoms with E-state index in [1.165, 1.54) is 173 Å². The van der Waals surface area contributed by atoms with Gasteiger partial charge in [0, 0.05) is 6.42 Å².